The predicted molar refractivity (Wildman–Crippen MR) is 89.4 cm³/mol. The zero-order valence-electron chi connectivity index (χ0n) is 10.8. The van der Waals surface area contributed by atoms with Gasteiger partial charge >= 0.3 is 0 Å². The molecule has 1 aromatic heterocycles. The van der Waals surface area contributed by atoms with E-state index >= 15 is 0 Å². The molecule has 1 aromatic carbocycles. The van der Waals surface area contributed by atoms with Crippen molar-refractivity contribution in [1.82, 2.24) is 15.5 Å². The van der Waals surface area contributed by atoms with E-state index in [9.17, 15) is 4.79 Å². The molecule has 0 saturated carbocycles. The van der Waals surface area contributed by atoms with Gasteiger partial charge in [-0.05, 0) is 36.8 Å². The second-order valence-corrected chi connectivity index (χ2v) is 6.20. The van der Waals surface area contributed by atoms with Crippen molar-refractivity contribution < 1.29 is 4.79 Å². The molecule has 0 radical (unpaired) electrons. The van der Waals surface area contributed by atoms with E-state index in [1.54, 1.807) is 6.07 Å². The van der Waals surface area contributed by atoms with Gasteiger partial charge in [-0.15, -0.1) is 10.2 Å². The highest BCUT2D eigenvalue weighted by atomic mass is 35.5. The monoisotopic (exact) mass is 360 g/mol. The van der Waals surface area contributed by atoms with Gasteiger partial charge in [0.2, 0.25) is 5.13 Å². The summed E-state index contributed by atoms with van der Waals surface area (Å²) in [7, 11) is 0. The van der Waals surface area contributed by atoms with Crippen LogP contribution in [0.25, 0.3) is 0 Å². The van der Waals surface area contributed by atoms with E-state index in [4.69, 9.17) is 35.4 Å². The molecule has 1 amide bonds. The van der Waals surface area contributed by atoms with Crippen LogP contribution in [0, 0.1) is 0 Å². The first-order valence-corrected chi connectivity index (χ1v) is 7.87. The molecule has 1 heterocycles. The fourth-order valence-corrected chi connectivity index (χ4v) is 2.85. The minimum absolute atomic E-state index is 0.129. The Morgan fingerprint density at radius 2 is 2.14 bits per heavy atom. The van der Waals surface area contributed by atoms with Crippen LogP contribution in [0.4, 0.5) is 5.13 Å². The van der Waals surface area contributed by atoms with Gasteiger partial charge in [0.05, 0.1) is 10.6 Å². The summed E-state index contributed by atoms with van der Waals surface area (Å²) in [6.45, 7) is 1.98. The summed E-state index contributed by atoms with van der Waals surface area (Å²) in [5.41, 5.74) is 0.289. The predicted octanol–water partition coefficient (Wildman–Crippen LogP) is 3.53. The smallest absolute Gasteiger partial charge is 0.258 e. The van der Waals surface area contributed by atoms with Crippen LogP contribution < -0.4 is 10.6 Å². The van der Waals surface area contributed by atoms with Crippen LogP contribution in [-0.2, 0) is 6.42 Å². The molecule has 5 nitrogen and oxygen atoms in total. The highest BCUT2D eigenvalue weighted by molar-refractivity contribution is 7.80. The topological polar surface area (TPSA) is 66.9 Å². The van der Waals surface area contributed by atoms with Crippen molar-refractivity contribution in [2.75, 3.05) is 5.32 Å². The van der Waals surface area contributed by atoms with Crippen LogP contribution in [0.2, 0.25) is 10.0 Å². The normalized spacial score (nSPS) is 10.2. The summed E-state index contributed by atoms with van der Waals surface area (Å²) in [5, 5.41) is 15.4. The summed E-state index contributed by atoms with van der Waals surface area (Å²) in [6.07, 6.45) is 0.791. The van der Waals surface area contributed by atoms with Crippen molar-refractivity contribution in [3.63, 3.8) is 0 Å². The molecular formula is C12H10Cl2N4OS2. The molecule has 0 spiro atoms. The Bertz CT molecular complexity index is 690. The lowest BCUT2D eigenvalue weighted by Crippen LogP contribution is -2.34. The second-order valence-electron chi connectivity index (χ2n) is 3.89. The molecule has 2 N–H and O–H groups in total. The molecule has 0 bridgehead atoms. The fourth-order valence-electron chi connectivity index (χ4n) is 1.42. The maximum atomic E-state index is 12.0. The Morgan fingerprint density at radius 1 is 1.38 bits per heavy atom. The van der Waals surface area contributed by atoms with Crippen LogP contribution >= 0.6 is 46.8 Å². The van der Waals surface area contributed by atoms with Gasteiger partial charge in [-0.2, -0.15) is 0 Å². The van der Waals surface area contributed by atoms with E-state index in [2.05, 4.69) is 20.8 Å². The number of carbonyl (C=O) groups is 1. The third-order valence-electron chi connectivity index (χ3n) is 2.39. The van der Waals surface area contributed by atoms with Crippen molar-refractivity contribution in [2.45, 2.75) is 13.3 Å². The third kappa shape index (κ3) is 4.34. The largest absolute Gasteiger partial charge is 0.307 e. The minimum atomic E-state index is -0.422. The summed E-state index contributed by atoms with van der Waals surface area (Å²) >= 11 is 18.2. The van der Waals surface area contributed by atoms with Gasteiger partial charge in [0, 0.05) is 5.02 Å². The van der Waals surface area contributed by atoms with Crippen LogP contribution in [-0.4, -0.2) is 21.2 Å². The minimum Gasteiger partial charge on any atom is -0.307 e. The van der Waals surface area contributed by atoms with Crippen LogP contribution in [0.15, 0.2) is 18.2 Å². The number of aromatic nitrogens is 2. The van der Waals surface area contributed by atoms with E-state index in [1.165, 1.54) is 23.5 Å². The number of anilines is 1. The molecule has 0 unspecified atom stereocenters. The summed E-state index contributed by atoms with van der Waals surface area (Å²) in [5.74, 6) is -0.422. The fraction of sp³-hybridized carbons (Fsp3) is 0.167. The zero-order valence-corrected chi connectivity index (χ0v) is 14.0. The van der Waals surface area contributed by atoms with E-state index in [-0.39, 0.29) is 15.7 Å². The van der Waals surface area contributed by atoms with Crippen molar-refractivity contribution in [1.29, 1.82) is 0 Å². The molecule has 0 saturated heterocycles. The van der Waals surface area contributed by atoms with Crippen molar-refractivity contribution in [2.24, 2.45) is 0 Å². The number of nitrogens with zero attached hydrogens (tertiary/aromatic N) is 2. The zero-order chi connectivity index (χ0) is 15.4. The van der Waals surface area contributed by atoms with Gasteiger partial charge in [0.25, 0.3) is 5.91 Å². The Morgan fingerprint density at radius 3 is 2.76 bits per heavy atom. The van der Waals surface area contributed by atoms with Gasteiger partial charge in [-0.3, -0.25) is 10.1 Å². The Kier molecular flexibility index (Phi) is 5.46. The van der Waals surface area contributed by atoms with Crippen LogP contribution in [0.1, 0.15) is 22.3 Å². The average molecular weight is 361 g/mol. The van der Waals surface area contributed by atoms with Gasteiger partial charge in [-0.25, -0.2) is 0 Å². The number of benzene rings is 1. The molecule has 0 aliphatic carbocycles. The van der Waals surface area contributed by atoms with Crippen LogP contribution in [0.3, 0.4) is 0 Å². The molecule has 0 atom stereocenters. The molecule has 0 fully saturated rings. The van der Waals surface area contributed by atoms with Crippen molar-refractivity contribution in [3.05, 3.63) is 38.8 Å². The first kappa shape index (κ1) is 16.1. The average Bonchev–Trinajstić information content (AvgIpc) is 2.85. The SMILES string of the molecule is CCc1nnc(NC(=S)NC(=O)c2ccc(Cl)cc2Cl)s1. The van der Waals surface area contributed by atoms with Crippen molar-refractivity contribution in [3.8, 4) is 0 Å². The van der Waals surface area contributed by atoms with Gasteiger partial charge in [0.1, 0.15) is 5.01 Å². The molecule has 9 heteroatoms. The number of nitrogens with one attached hydrogen (secondary N) is 2. The lowest BCUT2D eigenvalue weighted by Gasteiger charge is -2.08. The summed E-state index contributed by atoms with van der Waals surface area (Å²) in [4.78, 5) is 12.0. The first-order chi connectivity index (χ1) is 9.99. The van der Waals surface area contributed by atoms with E-state index in [0.29, 0.717) is 10.2 Å². The number of halogens is 2. The molecule has 0 aliphatic heterocycles. The Labute approximate surface area is 140 Å². The lowest BCUT2D eigenvalue weighted by atomic mass is 10.2. The Balaban J connectivity index is 2.00. The number of thiocarbonyl (C=S) groups is 1. The van der Waals surface area contributed by atoms with E-state index in [1.807, 2.05) is 6.92 Å². The van der Waals surface area contributed by atoms with Gasteiger partial charge in [-0.1, -0.05) is 41.5 Å². The number of carbonyl (C=O) groups excluding carboxylic acids is 1. The maximum Gasteiger partial charge on any atom is 0.258 e. The lowest BCUT2D eigenvalue weighted by molar-refractivity contribution is 0.0978. The number of hydrogen-bond acceptors (Lipinski definition) is 5. The quantitative estimate of drug-likeness (QED) is 0.819. The van der Waals surface area contributed by atoms with Crippen molar-refractivity contribution >= 4 is 62.9 Å². The first-order valence-electron chi connectivity index (χ1n) is 5.89. The van der Waals surface area contributed by atoms with E-state index < -0.39 is 5.91 Å². The highest BCUT2D eigenvalue weighted by Gasteiger charge is 2.13. The van der Waals surface area contributed by atoms with Gasteiger partial charge < -0.3 is 5.32 Å². The number of hydrogen-bond donors (Lipinski definition) is 2. The Hall–Kier alpha value is -1.28. The second kappa shape index (κ2) is 7.13. The summed E-state index contributed by atoms with van der Waals surface area (Å²) < 4.78 is 0. The molecule has 0 aliphatic rings. The standard InChI is InChI=1S/C12H10Cl2N4OS2/c1-2-9-17-18-12(21-9)16-11(20)15-10(19)7-4-3-6(13)5-8(7)14/h3-5H,2H2,1H3,(H2,15,16,18,19,20). The van der Waals surface area contributed by atoms with Crippen LogP contribution in [0.5, 0.6) is 0 Å². The van der Waals surface area contributed by atoms with E-state index in [0.717, 1.165) is 11.4 Å². The molecule has 21 heavy (non-hydrogen) atoms. The number of amides is 1. The number of aryl methyl sites for hydroxylation is 1. The third-order valence-corrected chi connectivity index (χ3v) is 4.13. The molecule has 2 rings (SSSR count). The molecular weight excluding hydrogens is 351 g/mol. The molecule has 110 valence electrons. The number of rotatable bonds is 3. The van der Waals surface area contributed by atoms with Gasteiger partial charge in [0.15, 0.2) is 5.11 Å². The highest BCUT2D eigenvalue weighted by Crippen LogP contribution is 2.21. The molecule has 2 aromatic rings. The summed E-state index contributed by atoms with van der Waals surface area (Å²) in [6, 6.07) is 4.60. The maximum absolute atomic E-state index is 12.0.